The number of aryl methyl sites for hydroxylation is 1. The van der Waals surface area contributed by atoms with Crippen molar-refractivity contribution in [2.75, 3.05) is 27.3 Å². The molecule has 1 aromatic rings. The molecule has 0 atom stereocenters. The number of rotatable bonds is 6. The molecule has 0 saturated carbocycles. The molecule has 1 rings (SSSR count). The highest BCUT2D eigenvalue weighted by Gasteiger charge is 2.14. The Bertz CT molecular complexity index is 445. The molecule has 1 N–H and O–H groups in total. The minimum Gasteiger partial charge on any atom is -0.356 e. The number of hydrogen-bond acceptors (Lipinski definition) is 2. The smallest absolute Gasteiger partial charge is 0.193 e. The predicted molar refractivity (Wildman–Crippen MR) is 96.1 cm³/mol. The molecule has 0 bridgehead atoms. The Kier molecular flexibility index (Phi) is 9.56. The molecule has 0 unspecified atom stereocenters. The quantitative estimate of drug-likeness (QED) is 0.339. The van der Waals surface area contributed by atoms with E-state index in [0.717, 1.165) is 18.2 Å². The molecule has 0 aromatic carbocycles. The molecule has 0 aliphatic carbocycles. The van der Waals surface area contributed by atoms with E-state index < -0.39 is 0 Å². The van der Waals surface area contributed by atoms with Gasteiger partial charge >= 0.3 is 0 Å². The Morgan fingerprint density at radius 1 is 1.52 bits per heavy atom. The zero-order chi connectivity index (χ0) is 15.1. The van der Waals surface area contributed by atoms with E-state index in [1.165, 1.54) is 5.56 Å². The van der Waals surface area contributed by atoms with E-state index in [4.69, 9.17) is 0 Å². The highest BCUT2D eigenvalue weighted by Crippen LogP contribution is 2.18. The molecule has 0 radical (unpaired) electrons. The topological polar surface area (TPSA) is 45.5 Å². The lowest BCUT2D eigenvalue weighted by Crippen LogP contribution is -2.39. The van der Waals surface area contributed by atoms with Crippen molar-refractivity contribution < 1.29 is 4.39 Å². The number of guanidine groups is 1. The fourth-order valence-corrected chi connectivity index (χ4v) is 2.14. The SMILES string of the molecule is CN=C(NCCCF)N(C)Cc1cn(C)nc1C(C)C.I. The molecule has 1 aromatic heterocycles. The lowest BCUT2D eigenvalue weighted by Gasteiger charge is -2.22. The molecule has 0 aliphatic rings. The first-order valence-corrected chi connectivity index (χ1v) is 6.99. The average Bonchev–Trinajstić information content (AvgIpc) is 2.75. The van der Waals surface area contributed by atoms with Gasteiger partial charge in [0.25, 0.3) is 0 Å². The fourth-order valence-electron chi connectivity index (χ4n) is 2.14. The van der Waals surface area contributed by atoms with E-state index >= 15 is 0 Å². The number of nitrogens with zero attached hydrogens (tertiary/aromatic N) is 4. The highest BCUT2D eigenvalue weighted by molar-refractivity contribution is 14.0. The van der Waals surface area contributed by atoms with E-state index in [0.29, 0.717) is 18.9 Å². The van der Waals surface area contributed by atoms with Gasteiger partial charge in [0.05, 0.1) is 12.4 Å². The van der Waals surface area contributed by atoms with Crippen LogP contribution in [0.4, 0.5) is 4.39 Å². The van der Waals surface area contributed by atoms with Crippen LogP contribution in [0.25, 0.3) is 0 Å². The number of alkyl halides is 1. The molecular weight excluding hydrogens is 384 g/mol. The Labute approximate surface area is 144 Å². The molecule has 0 fully saturated rings. The van der Waals surface area contributed by atoms with Crippen molar-refractivity contribution in [2.45, 2.75) is 32.7 Å². The Balaban J connectivity index is 0.00000400. The van der Waals surface area contributed by atoms with Gasteiger partial charge in [-0.2, -0.15) is 5.10 Å². The monoisotopic (exact) mass is 411 g/mol. The summed E-state index contributed by atoms with van der Waals surface area (Å²) in [6.07, 6.45) is 2.54. The molecule has 21 heavy (non-hydrogen) atoms. The van der Waals surface area contributed by atoms with Gasteiger partial charge in [0.1, 0.15) is 0 Å². The minimum atomic E-state index is -0.312. The van der Waals surface area contributed by atoms with E-state index in [2.05, 4.69) is 29.3 Å². The molecule has 0 aliphatic heterocycles. The number of aromatic nitrogens is 2. The van der Waals surface area contributed by atoms with E-state index in [1.807, 2.05) is 29.9 Å². The van der Waals surface area contributed by atoms with Crippen molar-refractivity contribution in [1.29, 1.82) is 0 Å². The molecular formula is C14H27FIN5. The summed E-state index contributed by atoms with van der Waals surface area (Å²) in [5, 5.41) is 7.66. The largest absolute Gasteiger partial charge is 0.356 e. The lowest BCUT2D eigenvalue weighted by atomic mass is 10.1. The van der Waals surface area contributed by atoms with Crippen molar-refractivity contribution in [3.63, 3.8) is 0 Å². The highest BCUT2D eigenvalue weighted by atomic mass is 127. The number of aliphatic imine (C=N–C) groups is 1. The maximum Gasteiger partial charge on any atom is 0.193 e. The Morgan fingerprint density at radius 2 is 2.19 bits per heavy atom. The summed E-state index contributed by atoms with van der Waals surface area (Å²) in [4.78, 5) is 6.25. The second kappa shape index (κ2) is 9.97. The Morgan fingerprint density at radius 3 is 2.71 bits per heavy atom. The maximum absolute atomic E-state index is 12.1. The van der Waals surface area contributed by atoms with Crippen LogP contribution in [0.15, 0.2) is 11.2 Å². The first-order valence-electron chi connectivity index (χ1n) is 6.99. The van der Waals surface area contributed by atoms with Gasteiger partial charge in [0.2, 0.25) is 0 Å². The van der Waals surface area contributed by atoms with Crippen molar-refractivity contribution >= 4 is 29.9 Å². The van der Waals surface area contributed by atoms with Gasteiger partial charge < -0.3 is 10.2 Å². The molecule has 7 heteroatoms. The van der Waals surface area contributed by atoms with Crippen molar-refractivity contribution in [3.8, 4) is 0 Å². The Hall–Kier alpha value is -0.860. The van der Waals surface area contributed by atoms with Crippen LogP contribution >= 0.6 is 24.0 Å². The molecule has 1 heterocycles. The first-order chi connectivity index (χ1) is 9.49. The summed E-state index contributed by atoms with van der Waals surface area (Å²) in [5.74, 6) is 1.16. The van der Waals surface area contributed by atoms with Crippen molar-refractivity contribution in [1.82, 2.24) is 20.0 Å². The van der Waals surface area contributed by atoms with Crippen LogP contribution in [-0.2, 0) is 13.6 Å². The number of halogens is 2. The van der Waals surface area contributed by atoms with Crippen molar-refractivity contribution in [2.24, 2.45) is 12.0 Å². The zero-order valence-corrected chi connectivity index (χ0v) is 15.9. The zero-order valence-electron chi connectivity index (χ0n) is 13.6. The third kappa shape index (κ3) is 6.19. The van der Waals surface area contributed by atoms with Crippen LogP contribution in [-0.4, -0.2) is 48.0 Å². The van der Waals surface area contributed by atoms with Crippen LogP contribution in [0, 0.1) is 0 Å². The van der Waals surface area contributed by atoms with Crippen LogP contribution in [0.5, 0.6) is 0 Å². The van der Waals surface area contributed by atoms with Crippen LogP contribution in [0.3, 0.4) is 0 Å². The molecule has 0 amide bonds. The summed E-state index contributed by atoms with van der Waals surface area (Å²) < 4.78 is 14.0. The summed E-state index contributed by atoms with van der Waals surface area (Å²) in [6.45, 7) is 5.29. The number of hydrogen-bond donors (Lipinski definition) is 1. The summed E-state index contributed by atoms with van der Waals surface area (Å²) >= 11 is 0. The second-order valence-electron chi connectivity index (χ2n) is 5.24. The van der Waals surface area contributed by atoms with Gasteiger partial charge in [0.15, 0.2) is 5.96 Å². The van der Waals surface area contributed by atoms with Gasteiger partial charge in [-0.3, -0.25) is 14.1 Å². The van der Waals surface area contributed by atoms with Crippen LogP contribution in [0.1, 0.15) is 37.4 Å². The van der Waals surface area contributed by atoms with Gasteiger partial charge in [-0.05, 0) is 12.3 Å². The normalized spacial score (nSPS) is 11.5. The van der Waals surface area contributed by atoms with Gasteiger partial charge in [-0.25, -0.2) is 0 Å². The fraction of sp³-hybridized carbons (Fsp3) is 0.714. The molecule has 0 spiro atoms. The minimum absolute atomic E-state index is 0. The van der Waals surface area contributed by atoms with E-state index in [9.17, 15) is 4.39 Å². The summed E-state index contributed by atoms with van der Waals surface area (Å²) in [7, 11) is 5.65. The average molecular weight is 411 g/mol. The van der Waals surface area contributed by atoms with Gasteiger partial charge in [0, 0.05) is 46.0 Å². The van der Waals surface area contributed by atoms with Crippen LogP contribution < -0.4 is 5.32 Å². The molecule has 5 nitrogen and oxygen atoms in total. The maximum atomic E-state index is 12.1. The van der Waals surface area contributed by atoms with E-state index in [-0.39, 0.29) is 30.7 Å². The van der Waals surface area contributed by atoms with Gasteiger partial charge in [-0.15, -0.1) is 24.0 Å². The third-order valence-corrected chi connectivity index (χ3v) is 3.06. The predicted octanol–water partition coefficient (Wildman–Crippen LogP) is 2.53. The second-order valence-corrected chi connectivity index (χ2v) is 5.24. The van der Waals surface area contributed by atoms with Crippen molar-refractivity contribution in [3.05, 3.63) is 17.5 Å². The number of nitrogens with one attached hydrogen (secondary N) is 1. The molecule has 122 valence electrons. The summed E-state index contributed by atoms with van der Waals surface area (Å²) in [5.41, 5.74) is 2.30. The third-order valence-electron chi connectivity index (χ3n) is 3.06. The summed E-state index contributed by atoms with van der Waals surface area (Å²) in [6, 6.07) is 0. The standard InChI is InChI=1S/C14H26FN5.HI/c1-11(2)13-12(10-20(5)18-13)9-19(4)14(16-3)17-8-6-7-15;/h10-11H,6-9H2,1-5H3,(H,16,17);1H. The lowest BCUT2D eigenvalue weighted by molar-refractivity contribution is 0.449. The molecule has 0 saturated heterocycles. The van der Waals surface area contributed by atoms with Crippen LogP contribution in [0.2, 0.25) is 0 Å². The van der Waals surface area contributed by atoms with E-state index in [1.54, 1.807) is 7.05 Å². The van der Waals surface area contributed by atoms with Gasteiger partial charge in [-0.1, -0.05) is 13.8 Å². The first kappa shape index (κ1) is 20.1.